The molecule has 0 spiro atoms. The lowest BCUT2D eigenvalue weighted by molar-refractivity contribution is -0.345. The van der Waals surface area contributed by atoms with E-state index in [2.05, 4.69) is 41.5 Å². The molecule has 10 nitrogen and oxygen atoms in total. The quantitative estimate of drug-likeness (QED) is 0.0896. The van der Waals surface area contributed by atoms with E-state index in [-0.39, 0.29) is 25.2 Å². The van der Waals surface area contributed by atoms with Crippen LogP contribution in [0.4, 0.5) is 0 Å². The molecule has 0 radical (unpaired) electrons. The molecule has 3 fully saturated rings. The van der Waals surface area contributed by atoms with Crippen molar-refractivity contribution < 1.29 is 47.7 Å². The van der Waals surface area contributed by atoms with Gasteiger partial charge >= 0.3 is 11.9 Å². The van der Waals surface area contributed by atoms with Crippen molar-refractivity contribution >= 4 is 34.4 Å². The van der Waals surface area contributed by atoms with Gasteiger partial charge in [-0.05, 0) is 75.1 Å². The maximum absolute atomic E-state index is 16.2. The van der Waals surface area contributed by atoms with E-state index in [1.54, 1.807) is 19.9 Å². The molecule has 2 N–H and O–H groups in total. The molecule has 1 unspecified atom stereocenters. The molecule has 2 bridgehead atoms. The third-order valence-corrected chi connectivity index (χ3v) is 23.5. The largest absolute Gasteiger partial charge is 0.455 e. The summed E-state index contributed by atoms with van der Waals surface area (Å²) < 4.78 is 33.7. The first-order valence-electron chi connectivity index (χ1n) is 19.4. The van der Waals surface area contributed by atoms with E-state index in [1.807, 2.05) is 27.7 Å². The highest BCUT2D eigenvalue weighted by Gasteiger charge is 2.78. The summed E-state index contributed by atoms with van der Waals surface area (Å²) in [5.41, 5.74) is -4.65. The van der Waals surface area contributed by atoms with Crippen molar-refractivity contribution in [1.82, 2.24) is 0 Å². The lowest BCUT2D eigenvalue weighted by Crippen LogP contribution is -2.82. The Morgan fingerprint density at radius 1 is 0.941 bits per heavy atom. The van der Waals surface area contributed by atoms with Crippen molar-refractivity contribution in [3.63, 3.8) is 0 Å². The van der Waals surface area contributed by atoms with Crippen LogP contribution in [0, 0.1) is 16.7 Å². The number of aliphatic hydroxyl groups excluding tert-OH is 1. The van der Waals surface area contributed by atoms with Crippen LogP contribution >= 0.6 is 0 Å². The van der Waals surface area contributed by atoms with Crippen LogP contribution in [0.5, 0.6) is 0 Å². The molecule has 51 heavy (non-hydrogen) atoms. The van der Waals surface area contributed by atoms with Crippen LogP contribution in [0.25, 0.3) is 0 Å². The summed E-state index contributed by atoms with van der Waals surface area (Å²) in [6.45, 7) is 24.8. The highest BCUT2D eigenvalue weighted by Crippen LogP contribution is 2.65. The fourth-order valence-electron chi connectivity index (χ4n) is 10.0. The standard InChI is InChI=1S/C39H66O10Si2/c1-14-24(8)35(43)46-34-32-37(13,28(48-50(15-2,16-3)17-4)21-29-38(32,23-45-29)47-26(10)40)33(42)31(49-51(18-5,19-6)20-7)30-25(9)27(41)22-39(34,44)36(30,11)12/h14,27-29,31-32,34,41,44H,15-23H2,1-13H3/b24-14+/t27-,28-,29+,31+,32-,34-,37+,38-,39?/m0/s1. The van der Waals surface area contributed by atoms with Crippen LogP contribution in [0.2, 0.25) is 36.3 Å². The molecule has 290 valence electrons. The Kier molecular flexibility index (Phi) is 12.3. The summed E-state index contributed by atoms with van der Waals surface area (Å²) >= 11 is 0. The van der Waals surface area contributed by atoms with Crippen LogP contribution in [0.1, 0.15) is 103 Å². The lowest BCUT2D eigenvalue weighted by Gasteiger charge is -2.68. The Morgan fingerprint density at radius 3 is 1.92 bits per heavy atom. The van der Waals surface area contributed by atoms with Crippen molar-refractivity contribution in [2.45, 2.75) is 181 Å². The first kappa shape index (κ1) is 42.1. The van der Waals surface area contributed by atoms with Crippen molar-refractivity contribution in [2.75, 3.05) is 6.61 Å². The molecule has 1 saturated heterocycles. The highest BCUT2D eigenvalue weighted by molar-refractivity contribution is 6.74. The molecule has 0 aromatic heterocycles. The summed E-state index contributed by atoms with van der Waals surface area (Å²) in [5.74, 6) is -2.59. The minimum Gasteiger partial charge on any atom is -0.455 e. The average Bonchev–Trinajstić information content (AvgIpc) is 3.09. The predicted octanol–water partition coefficient (Wildman–Crippen LogP) is 6.79. The Balaban J connectivity index is 2.20. The van der Waals surface area contributed by atoms with Gasteiger partial charge in [-0.25, -0.2) is 4.79 Å². The van der Waals surface area contributed by atoms with Crippen LogP contribution in [-0.4, -0.2) is 92.9 Å². The second-order valence-electron chi connectivity index (χ2n) is 16.5. The number of esters is 2. The Labute approximate surface area is 308 Å². The SMILES string of the molecule is C/C=C(\C)C(=O)O[C@H]1[C@@H]2[C@]3(OC(C)=O)CO[C@@H]3C[C@H](O[Si](CC)(CC)CC)[C@@]2(C)C(=O)[C@H](O[Si](CC)(CC)CC)C2=C(C)[C@@H](O)CC1(O)C2(C)C. The van der Waals surface area contributed by atoms with E-state index in [1.165, 1.54) is 6.92 Å². The minimum absolute atomic E-state index is 0.0457. The van der Waals surface area contributed by atoms with Gasteiger partial charge in [0.1, 0.15) is 23.9 Å². The Bertz CT molecular complexity index is 1400. The van der Waals surface area contributed by atoms with E-state index < -0.39 is 87.0 Å². The van der Waals surface area contributed by atoms with E-state index in [9.17, 15) is 19.8 Å². The van der Waals surface area contributed by atoms with Gasteiger partial charge in [0.2, 0.25) is 0 Å². The maximum Gasteiger partial charge on any atom is 0.333 e. The first-order chi connectivity index (χ1) is 23.7. The van der Waals surface area contributed by atoms with Crippen LogP contribution < -0.4 is 0 Å². The fourth-order valence-corrected chi connectivity index (χ4v) is 15.7. The number of carbonyl (C=O) groups excluding carboxylic acids is 3. The van der Waals surface area contributed by atoms with Gasteiger partial charge in [-0.1, -0.05) is 61.5 Å². The number of allylic oxidation sites excluding steroid dienone is 1. The zero-order chi connectivity index (χ0) is 38.5. The Morgan fingerprint density at radius 2 is 1.47 bits per heavy atom. The topological polar surface area (TPSA) is 138 Å². The van der Waals surface area contributed by atoms with Crippen LogP contribution in [-0.2, 0) is 37.4 Å². The van der Waals surface area contributed by atoms with E-state index in [0.717, 1.165) is 36.3 Å². The predicted molar refractivity (Wildman–Crippen MR) is 201 cm³/mol. The van der Waals surface area contributed by atoms with Crippen molar-refractivity contribution in [3.05, 3.63) is 22.8 Å². The van der Waals surface area contributed by atoms with Crippen molar-refractivity contribution in [3.8, 4) is 0 Å². The van der Waals surface area contributed by atoms with Gasteiger partial charge in [0.05, 0.1) is 30.1 Å². The highest BCUT2D eigenvalue weighted by atomic mass is 28.4. The summed E-state index contributed by atoms with van der Waals surface area (Å²) in [6, 6.07) is 4.81. The van der Waals surface area contributed by atoms with Gasteiger partial charge in [-0.3, -0.25) is 9.59 Å². The zero-order valence-corrected chi connectivity index (χ0v) is 35.6. The molecule has 1 aliphatic heterocycles. The third-order valence-electron chi connectivity index (χ3n) is 14.3. The number of rotatable bonds is 13. The van der Waals surface area contributed by atoms with Gasteiger partial charge < -0.3 is 33.3 Å². The number of hydrogen-bond donors (Lipinski definition) is 2. The van der Waals surface area contributed by atoms with Gasteiger partial charge in [-0.2, -0.15) is 0 Å². The molecule has 4 aliphatic rings. The minimum atomic E-state index is -2.54. The average molecular weight is 751 g/mol. The number of fused-ring (bicyclic) bond motifs is 5. The second kappa shape index (κ2) is 14.9. The zero-order valence-electron chi connectivity index (χ0n) is 33.6. The van der Waals surface area contributed by atoms with E-state index in [4.69, 9.17) is 23.1 Å². The molecule has 1 heterocycles. The van der Waals surface area contributed by atoms with Gasteiger partial charge in [0.15, 0.2) is 28.0 Å². The summed E-state index contributed by atoms with van der Waals surface area (Å²) in [6.07, 6.45) is -3.33. The molecule has 0 aromatic carbocycles. The van der Waals surface area contributed by atoms with Crippen LogP contribution in [0.15, 0.2) is 22.8 Å². The molecule has 12 heteroatoms. The molecule has 3 aliphatic carbocycles. The molecule has 4 rings (SSSR count). The molecule has 2 saturated carbocycles. The Hall–Kier alpha value is -1.68. The number of hydrogen-bond acceptors (Lipinski definition) is 10. The van der Waals surface area contributed by atoms with Crippen molar-refractivity contribution in [2.24, 2.45) is 16.7 Å². The normalized spacial score (nSPS) is 36.7. The van der Waals surface area contributed by atoms with Gasteiger partial charge in [0, 0.05) is 30.8 Å². The smallest absolute Gasteiger partial charge is 0.333 e. The second-order valence-corrected chi connectivity index (χ2v) is 25.9. The summed E-state index contributed by atoms with van der Waals surface area (Å²) in [5, 5.41) is 25.3. The maximum atomic E-state index is 16.2. The number of ether oxygens (including phenoxy) is 3. The molecule has 0 amide bonds. The summed E-state index contributed by atoms with van der Waals surface area (Å²) in [4.78, 5) is 43.3. The first-order valence-corrected chi connectivity index (χ1v) is 24.5. The van der Waals surface area contributed by atoms with Gasteiger partial charge in [-0.15, -0.1) is 0 Å². The van der Waals surface area contributed by atoms with Crippen LogP contribution in [0.3, 0.4) is 0 Å². The molecule has 9 atom stereocenters. The fraction of sp³-hybridized carbons (Fsp3) is 0.821. The van der Waals surface area contributed by atoms with Crippen molar-refractivity contribution in [1.29, 1.82) is 0 Å². The van der Waals surface area contributed by atoms with Gasteiger partial charge in [0.25, 0.3) is 0 Å². The lowest BCUT2D eigenvalue weighted by atomic mass is 9.44. The third kappa shape index (κ3) is 6.40. The number of ketones is 1. The molecular weight excluding hydrogens is 685 g/mol. The summed E-state index contributed by atoms with van der Waals surface area (Å²) in [7, 11) is -4.95. The molecular formula is C39H66O10Si2. The number of Topliss-reactive ketones (excluding diaryl/α,β-unsaturated/α-hetero) is 1. The monoisotopic (exact) mass is 750 g/mol. The number of carbonyl (C=O) groups is 3. The number of aliphatic hydroxyl groups is 2. The van der Waals surface area contributed by atoms with E-state index in [0.29, 0.717) is 16.7 Å². The van der Waals surface area contributed by atoms with E-state index >= 15 is 4.79 Å². The molecule has 0 aromatic rings.